The van der Waals surface area contributed by atoms with Gasteiger partial charge in [0.2, 0.25) is 0 Å². The highest BCUT2D eigenvalue weighted by Gasteiger charge is 2.23. The van der Waals surface area contributed by atoms with Crippen molar-refractivity contribution in [3.05, 3.63) is 47.9 Å². The van der Waals surface area contributed by atoms with E-state index in [9.17, 15) is 0 Å². The monoisotopic (exact) mass is 306 g/mol. The number of allylic oxidation sites excluding steroid dienone is 6. The molecule has 0 radical (unpaired) electrons. The lowest BCUT2D eigenvalue weighted by Gasteiger charge is -2.12. The molecule has 1 N–H and O–H groups in total. The molecule has 118 valence electrons. The van der Waals surface area contributed by atoms with Gasteiger partial charge in [-0.05, 0) is 75.1 Å². The predicted octanol–water partition coefficient (Wildman–Crippen LogP) is 3.15. The molecule has 4 nitrogen and oxygen atoms in total. The Kier molecular flexibility index (Phi) is 4.16. The molecule has 1 fully saturated rings. The third kappa shape index (κ3) is 3.64. The smallest absolute Gasteiger partial charge is 0.0659 e. The molecular formula is C19H22N4. The zero-order chi connectivity index (χ0) is 15.5. The van der Waals surface area contributed by atoms with E-state index in [1.165, 1.54) is 37.9 Å². The van der Waals surface area contributed by atoms with Crippen molar-refractivity contribution in [1.82, 2.24) is 5.32 Å². The van der Waals surface area contributed by atoms with Crippen LogP contribution in [0.5, 0.6) is 0 Å². The molecule has 0 amide bonds. The SMILES string of the molecule is C1=CC(=CC2=NC(=CC3=NC(CC4CCCN4)CC3)C=C2)N=C1. The highest BCUT2D eigenvalue weighted by Crippen LogP contribution is 2.23. The van der Waals surface area contributed by atoms with E-state index in [1.807, 2.05) is 24.3 Å². The lowest BCUT2D eigenvalue weighted by Crippen LogP contribution is -2.25. The fourth-order valence-electron chi connectivity index (χ4n) is 3.52. The second kappa shape index (κ2) is 6.59. The Bertz CT molecular complexity index is 668. The van der Waals surface area contributed by atoms with Crippen LogP contribution in [0.3, 0.4) is 0 Å². The summed E-state index contributed by atoms with van der Waals surface area (Å²) in [7, 11) is 0. The van der Waals surface area contributed by atoms with Gasteiger partial charge in [0.05, 0.1) is 23.1 Å². The average Bonchev–Trinajstić information content (AvgIpc) is 3.31. The summed E-state index contributed by atoms with van der Waals surface area (Å²) in [6.45, 7) is 1.18. The highest BCUT2D eigenvalue weighted by atomic mass is 15.0. The Balaban J connectivity index is 1.39. The lowest BCUT2D eigenvalue weighted by molar-refractivity contribution is 0.488. The Morgan fingerprint density at radius 3 is 2.96 bits per heavy atom. The standard InChI is InChI=1S/C19H22N4/c1-3-14(20-9-1)11-16-5-7-18(22-16)13-19-8-6-17(23-19)12-15-4-2-10-21-15/h1,3,5,7,9,11,13,15,17,21H,2,4,6,8,10,12H2. The van der Waals surface area contributed by atoms with Crippen molar-refractivity contribution in [2.45, 2.75) is 44.2 Å². The summed E-state index contributed by atoms with van der Waals surface area (Å²) in [5, 5.41) is 3.57. The third-order valence-electron chi connectivity index (χ3n) is 4.67. The van der Waals surface area contributed by atoms with Crippen LogP contribution in [0, 0.1) is 0 Å². The second-order valence-corrected chi connectivity index (χ2v) is 6.49. The zero-order valence-electron chi connectivity index (χ0n) is 13.3. The van der Waals surface area contributed by atoms with Crippen LogP contribution in [0.4, 0.5) is 0 Å². The van der Waals surface area contributed by atoms with Crippen molar-refractivity contribution < 1.29 is 0 Å². The highest BCUT2D eigenvalue weighted by molar-refractivity contribution is 6.09. The summed E-state index contributed by atoms with van der Waals surface area (Å²) < 4.78 is 0. The van der Waals surface area contributed by atoms with Crippen molar-refractivity contribution in [2.75, 3.05) is 6.54 Å². The van der Waals surface area contributed by atoms with Crippen molar-refractivity contribution >= 4 is 17.6 Å². The molecule has 4 heteroatoms. The average molecular weight is 306 g/mol. The summed E-state index contributed by atoms with van der Waals surface area (Å²) in [4.78, 5) is 13.8. The first-order valence-electron chi connectivity index (χ1n) is 8.56. The van der Waals surface area contributed by atoms with Crippen LogP contribution in [0.2, 0.25) is 0 Å². The Hall–Kier alpha value is -2.07. The molecule has 23 heavy (non-hydrogen) atoms. The van der Waals surface area contributed by atoms with Crippen molar-refractivity contribution in [3.8, 4) is 0 Å². The topological polar surface area (TPSA) is 49.1 Å². The van der Waals surface area contributed by atoms with Gasteiger partial charge in [0.25, 0.3) is 0 Å². The van der Waals surface area contributed by atoms with Crippen LogP contribution < -0.4 is 5.32 Å². The van der Waals surface area contributed by atoms with Gasteiger partial charge in [0.15, 0.2) is 0 Å². The predicted molar refractivity (Wildman–Crippen MR) is 96.5 cm³/mol. The molecule has 4 aliphatic rings. The number of rotatable bonds is 4. The fraction of sp³-hybridized carbons (Fsp3) is 0.421. The van der Waals surface area contributed by atoms with E-state index in [0.717, 1.165) is 23.5 Å². The lowest BCUT2D eigenvalue weighted by atomic mass is 10.0. The van der Waals surface area contributed by atoms with Gasteiger partial charge >= 0.3 is 0 Å². The van der Waals surface area contributed by atoms with E-state index in [-0.39, 0.29) is 0 Å². The molecule has 1 saturated heterocycles. The maximum Gasteiger partial charge on any atom is 0.0659 e. The molecule has 4 aliphatic heterocycles. The van der Waals surface area contributed by atoms with E-state index in [1.54, 1.807) is 6.21 Å². The van der Waals surface area contributed by atoms with E-state index in [2.05, 4.69) is 27.5 Å². The summed E-state index contributed by atoms with van der Waals surface area (Å²) in [6.07, 6.45) is 20.0. The maximum atomic E-state index is 4.89. The minimum Gasteiger partial charge on any atom is -0.314 e. The first kappa shape index (κ1) is 14.5. The molecule has 0 aromatic heterocycles. The van der Waals surface area contributed by atoms with Gasteiger partial charge in [-0.25, -0.2) is 4.99 Å². The Labute approximate surface area is 137 Å². The van der Waals surface area contributed by atoms with Crippen molar-refractivity contribution in [3.63, 3.8) is 0 Å². The molecule has 0 bridgehead atoms. The van der Waals surface area contributed by atoms with Crippen molar-refractivity contribution in [2.24, 2.45) is 15.0 Å². The second-order valence-electron chi connectivity index (χ2n) is 6.49. The molecule has 0 aromatic rings. The Morgan fingerprint density at radius 2 is 2.13 bits per heavy atom. The number of aliphatic imine (C=N–C) groups is 3. The number of hydrogen-bond acceptors (Lipinski definition) is 4. The van der Waals surface area contributed by atoms with Gasteiger partial charge in [0, 0.05) is 18.0 Å². The fourth-order valence-corrected chi connectivity index (χ4v) is 3.52. The summed E-state index contributed by atoms with van der Waals surface area (Å²) >= 11 is 0. The number of hydrogen-bond donors (Lipinski definition) is 1. The van der Waals surface area contributed by atoms with Crippen LogP contribution in [0.25, 0.3) is 0 Å². The number of nitrogens with one attached hydrogen (secondary N) is 1. The van der Waals surface area contributed by atoms with Gasteiger partial charge < -0.3 is 5.32 Å². The maximum absolute atomic E-state index is 4.89. The summed E-state index contributed by atoms with van der Waals surface area (Å²) in [6, 6.07) is 1.17. The van der Waals surface area contributed by atoms with Crippen molar-refractivity contribution in [1.29, 1.82) is 0 Å². The largest absolute Gasteiger partial charge is 0.314 e. The van der Waals surface area contributed by atoms with E-state index >= 15 is 0 Å². The summed E-state index contributed by atoms with van der Waals surface area (Å²) in [5.74, 6) is 0. The summed E-state index contributed by atoms with van der Waals surface area (Å²) in [5.41, 5.74) is 4.11. The molecule has 0 saturated carbocycles. The van der Waals surface area contributed by atoms with Crippen LogP contribution in [0.15, 0.2) is 62.8 Å². The normalized spacial score (nSPS) is 32.5. The van der Waals surface area contributed by atoms with Crippen LogP contribution >= 0.6 is 0 Å². The minimum absolute atomic E-state index is 0.492. The molecule has 2 atom stereocenters. The van der Waals surface area contributed by atoms with Crippen LogP contribution in [-0.4, -0.2) is 36.3 Å². The van der Waals surface area contributed by atoms with E-state index in [4.69, 9.17) is 4.99 Å². The molecular weight excluding hydrogens is 284 g/mol. The first-order valence-corrected chi connectivity index (χ1v) is 8.56. The molecule has 2 unspecified atom stereocenters. The molecule has 0 aromatic carbocycles. The van der Waals surface area contributed by atoms with Gasteiger partial charge in [-0.1, -0.05) is 0 Å². The quantitative estimate of drug-likeness (QED) is 0.852. The van der Waals surface area contributed by atoms with Gasteiger partial charge in [-0.2, -0.15) is 0 Å². The molecule has 0 aliphatic carbocycles. The molecule has 4 heterocycles. The number of nitrogens with zero attached hydrogens (tertiary/aromatic N) is 3. The molecule has 0 spiro atoms. The minimum atomic E-state index is 0.492. The van der Waals surface area contributed by atoms with Crippen LogP contribution in [-0.2, 0) is 0 Å². The van der Waals surface area contributed by atoms with E-state index in [0.29, 0.717) is 12.1 Å². The third-order valence-corrected chi connectivity index (χ3v) is 4.67. The van der Waals surface area contributed by atoms with Gasteiger partial charge in [0.1, 0.15) is 0 Å². The van der Waals surface area contributed by atoms with Gasteiger partial charge in [-0.3, -0.25) is 9.98 Å². The zero-order valence-corrected chi connectivity index (χ0v) is 13.3. The first-order chi connectivity index (χ1) is 11.3. The van der Waals surface area contributed by atoms with E-state index < -0.39 is 0 Å². The molecule has 4 rings (SSSR count). The van der Waals surface area contributed by atoms with Gasteiger partial charge in [-0.15, -0.1) is 0 Å². The Morgan fingerprint density at radius 1 is 1.13 bits per heavy atom. The van der Waals surface area contributed by atoms with Crippen LogP contribution in [0.1, 0.15) is 32.1 Å².